The highest BCUT2D eigenvalue weighted by atomic mass is 32.2. The van der Waals surface area contributed by atoms with Crippen molar-refractivity contribution < 1.29 is 23.9 Å². The highest BCUT2D eigenvalue weighted by Gasteiger charge is 2.26. The lowest BCUT2D eigenvalue weighted by atomic mass is 10.2. The van der Waals surface area contributed by atoms with Crippen LogP contribution in [-0.2, 0) is 23.9 Å². The standard InChI is InChI=1S/C15H21N3O5S2/c19-11(16-5-7-18-13(21)10-25-15(18)24)9-23-14(22)8-17-6-3-1-2-4-12(17)20/h1-10H2,(H,16,19). The Kier molecular flexibility index (Phi) is 7.63. The second-order valence-electron chi connectivity index (χ2n) is 5.74. The Morgan fingerprint density at radius 1 is 1.20 bits per heavy atom. The minimum absolute atomic E-state index is 0.0528. The summed E-state index contributed by atoms with van der Waals surface area (Å²) in [6.45, 7) is 0.538. The van der Waals surface area contributed by atoms with E-state index in [0.717, 1.165) is 19.3 Å². The van der Waals surface area contributed by atoms with Crippen molar-refractivity contribution in [3.05, 3.63) is 0 Å². The Labute approximate surface area is 155 Å². The Bertz CT molecular complexity index is 553. The first kappa shape index (κ1) is 19.6. The smallest absolute Gasteiger partial charge is 0.326 e. The summed E-state index contributed by atoms with van der Waals surface area (Å²) in [7, 11) is 0. The first-order valence-electron chi connectivity index (χ1n) is 8.14. The number of carbonyl (C=O) groups excluding carboxylic acids is 4. The van der Waals surface area contributed by atoms with Gasteiger partial charge in [-0.3, -0.25) is 24.1 Å². The molecule has 0 bridgehead atoms. The van der Waals surface area contributed by atoms with Crippen molar-refractivity contribution in [3.8, 4) is 0 Å². The molecule has 8 nitrogen and oxygen atoms in total. The van der Waals surface area contributed by atoms with Crippen LogP contribution in [0, 0.1) is 0 Å². The van der Waals surface area contributed by atoms with Crippen LogP contribution in [0.15, 0.2) is 0 Å². The fourth-order valence-electron chi connectivity index (χ4n) is 2.51. The van der Waals surface area contributed by atoms with Gasteiger partial charge in [0.05, 0.1) is 5.75 Å². The van der Waals surface area contributed by atoms with Crippen LogP contribution in [0.25, 0.3) is 0 Å². The van der Waals surface area contributed by atoms with E-state index in [4.69, 9.17) is 17.0 Å². The first-order chi connectivity index (χ1) is 12.0. The summed E-state index contributed by atoms with van der Waals surface area (Å²) in [5.74, 6) is -0.848. The predicted octanol–water partition coefficient (Wildman–Crippen LogP) is -0.0913. The molecule has 0 saturated carbocycles. The van der Waals surface area contributed by atoms with Gasteiger partial charge in [0.1, 0.15) is 10.9 Å². The van der Waals surface area contributed by atoms with Crippen molar-refractivity contribution >= 4 is 52.0 Å². The van der Waals surface area contributed by atoms with E-state index in [-0.39, 0.29) is 24.9 Å². The molecule has 0 aliphatic carbocycles. The third-order valence-corrected chi connectivity index (χ3v) is 5.29. The van der Waals surface area contributed by atoms with Crippen molar-refractivity contribution in [2.75, 3.05) is 38.5 Å². The molecule has 0 aromatic heterocycles. The minimum Gasteiger partial charge on any atom is -0.454 e. The number of carbonyl (C=O) groups is 4. The van der Waals surface area contributed by atoms with Crippen molar-refractivity contribution in [1.29, 1.82) is 0 Å². The third-order valence-electron chi connectivity index (χ3n) is 3.85. The van der Waals surface area contributed by atoms with Crippen LogP contribution in [0.5, 0.6) is 0 Å². The molecule has 0 spiro atoms. The van der Waals surface area contributed by atoms with Crippen LogP contribution >= 0.6 is 24.0 Å². The summed E-state index contributed by atoms with van der Waals surface area (Å²) < 4.78 is 5.41. The second-order valence-corrected chi connectivity index (χ2v) is 7.35. The first-order valence-corrected chi connectivity index (χ1v) is 9.54. The van der Waals surface area contributed by atoms with Gasteiger partial charge in [-0.05, 0) is 12.8 Å². The summed E-state index contributed by atoms with van der Waals surface area (Å²) in [5, 5.41) is 2.57. The molecule has 2 heterocycles. The molecule has 0 atom stereocenters. The fraction of sp³-hybridized carbons (Fsp3) is 0.667. The molecule has 2 rings (SSSR count). The zero-order chi connectivity index (χ0) is 18.2. The van der Waals surface area contributed by atoms with Crippen LogP contribution in [-0.4, -0.2) is 76.3 Å². The molecule has 2 saturated heterocycles. The maximum Gasteiger partial charge on any atom is 0.326 e. The van der Waals surface area contributed by atoms with Gasteiger partial charge in [-0.2, -0.15) is 0 Å². The van der Waals surface area contributed by atoms with Crippen molar-refractivity contribution in [3.63, 3.8) is 0 Å². The number of rotatable bonds is 7. The number of amides is 3. The number of esters is 1. The van der Waals surface area contributed by atoms with Gasteiger partial charge < -0.3 is 15.0 Å². The normalized spacial score (nSPS) is 18.3. The highest BCUT2D eigenvalue weighted by molar-refractivity contribution is 8.23. The Hall–Kier alpha value is -1.68. The van der Waals surface area contributed by atoms with Crippen LogP contribution in [0.1, 0.15) is 25.7 Å². The molecule has 2 fully saturated rings. The maximum absolute atomic E-state index is 11.8. The molecule has 25 heavy (non-hydrogen) atoms. The number of likely N-dealkylation sites (tertiary alicyclic amines) is 1. The summed E-state index contributed by atoms with van der Waals surface area (Å²) in [5.41, 5.74) is 0. The van der Waals surface area contributed by atoms with E-state index >= 15 is 0 Å². The lowest BCUT2D eigenvalue weighted by molar-refractivity contribution is -0.152. The Morgan fingerprint density at radius 3 is 2.72 bits per heavy atom. The Morgan fingerprint density at radius 2 is 2.00 bits per heavy atom. The van der Waals surface area contributed by atoms with Crippen molar-refractivity contribution in [2.45, 2.75) is 25.7 Å². The van der Waals surface area contributed by atoms with Gasteiger partial charge in [-0.1, -0.05) is 30.4 Å². The zero-order valence-electron chi connectivity index (χ0n) is 13.8. The van der Waals surface area contributed by atoms with Crippen LogP contribution in [0.4, 0.5) is 0 Å². The average molecular weight is 387 g/mol. The molecular formula is C15H21N3O5S2. The van der Waals surface area contributed by atoms with E-state index in [2.05, 4.69) is 5.32 Å². The molecule has 2 aliphatic rings. The minimum atomic E-state index is -0.599. The maximum atomic E-state index is 11.8. The molecule has 10 heteroatoms. The molecule has 3 amide bonds. The van der Waals surface area contributed by atoms with Gasteiger partial charge in [0, 0.05) is 26.1 Å². The quantitative estimate of drug-likeness (QED) is 0.482. The summed E-state index contributed by atoms with van der Waals surface area (Å²) in [6.07, 6.45) is 3.13. The third kappa shape index (κ3) is 6.28. The van der Waals surface area contributed by atoms with Crippen LogP contribution < -0.4 is 5.32 Å². The molecule has 0 aromatic rings. The fourth-order valence-corrected chi connectivity index (χ4v) is 3.63. The lowest BCUT2D eigenvalue weighted by Crippen LogP contribution is -2.40. The van der Waals surface area contributed by atoms with Crippen molar-refractivity contribution in [1.82, 2.24) is 15.1 Å². The number of thioether (sulfide) groups is 1. The van der Waals surface area contributed by atoms with Gasteiger partial charge >= 0.3 is 5.97 Å². The molecule has 1 N–H and O–H groups in total. The van der Waals surface area contributed by atoms with E-state index in [9.17, 15) is 19.2 Å². The zero-order valence-corrected chi connectivity index (χ0v) is 15.5. The van der Waals surface area contributed by atoms with E-state index in [1.54, 1.807) is 0 Å². The van der Waals surface area contributed by atoms with E-state index in [1.165, 1.54) is 21.6 Å². The van der Waals surface area contributed by atoms with Gasteiger partial charge in [-0.25, -0.2) is 0 Å². The van der Waals surface area contributed by atoms with E-state index in [0.29, 0.717) is 29.6 Å². The average Bonchev–Trinajstić information content (AvgIpc) is 2.77. The highest BCUT2D eigenvalue weighted by Crippen LogP contribution is 2.18. The van der Waals surface area contributed by atoms with Gasteiger partial charge in [0.2, 0.25) is 11.8 Å². The van der Waals surface area contributed by atoms with Crippen LogP contribution in [0.3, 0.4) is 0 Å². The number of ether oxygens (including phenoxy) is 1. The summed E-state index contributed by atoms with van der Waals surface area (Å²) in [6, 6.07) is 0. The summed E-state index contributed by atoms with van der Waals surface area (Å²) in [4.78, 5) is 49.7. The van der Waals surface area contributed by atoms with Crippen LogP contribution in [0.2, 0.25) is 0 Å². The number of hydrogen-bond donors (Lipinski definition) is 1. The number of nitrogens with zero attached hydrogens (tertiary/aromatic N) is 2. The second kappa shape index (κ2) is 9.71. The number of hydrogen-bond acceptors (Lipinski definition) is 7. The Balaban J connectivity index is 1.62. The number of nitrogens with one attached hydrogen (secondary N) is 1. The van der Waals surface area contributed by atoms with Gasteiger partial charge in [0.25, 0.3) is 5.91 Å². The molecule has 138 valence electrons. The largest absolute Gasteiger partial charge is 0.454 e. The topological polar surface area (TPSA) is 96.0 Å². The SMILES string of the molecule is O=C(COC(=O)CN1CCCCCC1=O)NCCN1C(=O)CSC1=S. The van der Waals surface area contributed by atoms with E-state index in [1.807, 2.05) is 0 Å². The van der Waals surface area contributed by atoms with Gasteiger partial charge in [0.15, 0.2) is 6.61 Å². The lowest BCUT2D eigenvalue weighted by Gasteiger charge is -2.19. The summed E-state index contributed by atoms with van der Waals surface area (Å²) >= 11 is 6.33. The predicted molar refractivity (Wildman–Crippen MR) is 95.8 cm³/mol. The van der Waals surface area contributed by atoms with Gasteiger partial charge in [-0.15, -0.1) is 0 Å². The van der Waals surface area contributed by atoms with E-state index < -0.39 is 18.5 Å². The molecule has 0 aromatic carbocycles. The molecular weight excluding hydrogens is 366 g/mol. The molecule has 2 aliphatic heterocycles. The molecule has 0 unspecified atom stereocenters. The van der Waals surface area contributed by atoms with Crippen molar-refractivity contribution in [2.24, 2.45) is 0 Å². The molecule has 0 radical (unpaired) electrons. The monoisotopic (exact) mass is 387 g/mol. The number of thiocarbonyl (C=S) groups is 1.